The molecular weight excluding hydrogens is 156 g/mol. The van der Waals surface area contributed by atoms with Gasteiger partial charge >= 0.3 is 0 Å². The Morgan fingerprint density at radius 2 is 1.55 bits per heavy atom. The van der Waals surface area contributed by atoms with Gasteiger partial charge in [-0.05, 0) is 19.3 Å². The van der Waals surface area contributed by atoms with Crippen LogP contribution in [0.1, 0.15) is 34.6 Å². The minimum absolute atomic E-state index is 0.0139. The largest absolute Gasteiger partial charge is 0.422 e. The molecule has 1 N–H and O–H groups in total. The Morgan fingerprint density at radius 3 is 1.55 bits per heavy atom. The molecule has 0 heterocycles. The number of aliphatic hydroxyl groups is 1. The molecule has 0 aromatic rings. The van der Waals surface area contributed by atoms with Crippen molar-refractivity contribution in [2.45, 2.75) is 46.3 Å². The van der Waals surface area contributed by atoms with Crippen LogP contribution in [0.4, 0.5) is 0 Å². The quantitative estimate of drug-likeness (QED) is 0.620. The lowest BCUT2D eigenvalue weighted by Crippen LogP contribution is -2.46. The first-order valence-corrected chi connectivity index (χ1v) is 4.76. The minimum atomic E-state index is -0.736. The van der Waals surface area contributed by atoms with Gasteiger partial charge < -0.3 is 9.53 Å². The third kappa shape index (κ3) is 3.36. The molecule has 2 nitrogen and oxygen atoms in total. The molecule has 3 heteroatoms. The van der Waals surface area contributed by atoms with Crippen molar-refractivity contribution in [2.24, 2.45) is 5.41 Å². The highest BCUT2D eigenvalue weighted by Gasteiger charge is 2.35. The van der Waals surface area contributed by atoms with Crippen molar-refractivity contribution in [1.29, 1.82) is 0 Å². The average molecular weight is 176 g/mol. The lowest BCUT2D eigenvalue weighted by atomic mass is 9.80. The lowest BCUT2D eigenvalue weighted by molar-refractivity contribution is -0.0805. The third-order valence-corrected chi connectivity index (χ3v) is 2.14. The second-order valence-electron chi connectivity index (χ2n) is 4.64. The second kappa shape index (κ2) is 3.25. The first-order valence-electron chi connectivity index (χ1n) is 3.94. The SMILES string of the molecule is CC(C)(C)C(O[SiH3])C(C)(C)O. The monoisotopic (exact) mass is 176 g/mol. The molecule has 0 saturated carbocycles. The maximum absolute atomic E-state index is 9.71. The van der Waals surface area contributed by atoms with Gasteiger partial charge in [0.15, 0.2) is 0 Å². The molecule has 0 bridgehead atoms. The summed E-state index contributed by atoms with van der Waals surface area (Å²) in [5.41, 5.74) is -0.722. The van der Waals surface area contributed by atoms with Gasteiger partial charge in [0.2, 0.25) is 0 Å². The molecule has 0 aromatic heterocycles. The smallest absolute Gasteiger partial charge is 0.146 e. The number of hydrogen-bond donors (Lipinski definition) is 1. The summed E-state index contributed by atoms with van der Waals surface area (Å²) in [7, 11) is 0.674. The van der Waals surface area contributed by atoms with Gasteiger partial charge in [-0.25, -0.2) is 0 Å². The highest BCUT2D eigenvalue weighted by Crippen LogP contribution is 2.29. The van der Waals surface area contributed by atoms with Gasteiger partial charge in [-0.1, -0.05) is 20.8 Å². The van der Waals surface area contributed by atoms with Crippen LogP contribution in [0.25, 0.3) is 0 Å². The molecular formula is C8H20O2Si. The fourth-order valence-corrected chi connectivity index (χ4v) is 2.99. The maximum atomic E-state index is 9.71. The number of hydrogen-bond acceptors (Lipinski definition) is 2. The van der Waals surface area contributed by atoms with Crippen molar-refractivity contribution in [1.82, 2.24) is 0 Å². The zero-order chi connectivity index (χ0) is 9.28. The summed E-state index contributed by atoms with van der Waals surface area (Å²) in [6, 6.07) is 0. The highest BCUT2D eigenvalue weighted by molar-refractivity contribution is 5.98. The fraction of sp³-hybridized carbons (Fsp3) is 1.00. The summed E-state index contributed by atoms with van der Waals surface area (Å²) in [4.78, 5) is 0. The van der Waals surface area contributed by atoms with E-state index in [0.717, 1.165) is 0 Å². The van der Waals surface area contributed by atoms with E-state index < -0.39 is 5.60 Å². The Morgan fingerprint density at radius 1 is 1.18 bits per heavy atom. The molecule has 0 rings (SSSR count). The summed E-state index contributed by atoms with van der Waals surface area (Å²) < 4.78 is 5.37. The fourth-order valence-electron chi connectivity index (χ4n) is 1.70. The highest BCUT2D eigenvalue weighted by atomic mass is 28.2. The Balaban J connectivity index is 4.43. The van der Waals surface area contributed by atoms with E-state index in [4.69, 9.17) is 4.43 Å². The van der Waals surface area contributed by atoms with E-state index in [1.807, 2.05) is 0 Å². The second-order valence-corrected chi connectivity index (χ2v) is 5.11. The van der Waals surface area contributed by atoms with E-state index >= 15 is 0 Å². The molecule has 0 saturated heterocycles. The first kappa shape index (κ1) is 11.1. The van der Waals surface area contributed by atoms with E-state index in [0.29, 0.717) is 10.5 Å². The van der Waals surface area contributed by atoms with Crippen LogP contribution in [0.15, 0.2) is 0 Å². The molecule has 11 heavy (non-hydrogen) atoms. The molecule has 0 spiro atoms. The van der Waals surface area contributed by atoms with Gasteiger partial charge in [0.1, 0.15) is 10.5 Å². The lowest BCUT2D eigenvalue weighted by Gasteiger charge is -2.38. The van der Waals surface area contributed by atoms with Crippen molar-refractivity contribution in [3.05, 3.63) is 0 Å². The minimum Gasteiger partial charge on any atom is -0.422 e. The van der Waals surface area contributed by atoms with Crippen molar-refractivity contribution >= 4 is 10.5 Å². The molecule has 1 atom stereocenters. The molecule has 0 radical (unpaired) electrons. The zero-order valence-corrected chi connectivity index (χ0v) is 10.4. The maximum Gasteiger partial charge on any atom is 0.146 e. The standard InChI is InChI=1S/C8H20O2Si/c1-7(2,3)6(10-11)8(4,5)9/h6,9H,1-5,11H3. The van der Waals surface area contributed by atoms with Crippen LogP contribution < -0.4 is 0 Å². The van der Waals surface area contributed by atoms with Crippen molar-refractivity contribution in [3.63, 3.8) is 0 Å². The molecule has 0 aromatic carbocycles. The van der Waals surface area contributed by atoms with E-state index in [-0.39, 0.29) is 11.5 Å². The summed E-state index contributed by atoms with van der Waals surface area (Å²) in [6.45, 7) is 9.82. The molecule has 0 aliphatic heterocycles. The Labute approximate surface area is 72.5 Å². The van der Waals surface area contributed by atoms with Crippen LogP contribution in [0, 0.1) is 5.41 Å². The normalized spacial score (nSPS) is 16.9. The van der Waals surface area contributed by atoms with Gasteiger partial charge in [0.05, 0.1) is 11.7 Å². The van der Waals surface area contributed by atoms with E-state index in [2.05, 4.69) is 20.8 Å². The molecule has 0 fully saturated rings. The van der Waals surface area contributed by atoms with Crippen LogP contribution in [-0.4, -0.2) is 27.3 Å². The van der Waals surface area contributed by atoms with Gasteiger partial charge in [0.25, 0.3) is 0 Å². The van der Waals surface area contributed by atoms with Crippen molar-refractivity contribution in [3.8, 4) is 0 Å². The molecule has 1 unspecified atom stereocenters. The summed E-state index contributed by atoms with van der Waals surface area (Å²) in [6.07, 6.45) is -0.0679. The van der Waals surface area contributed by atoms with Crippen LogP contribution in [-0.2, 0) is 4.43 Å². The van der Waals surface area contributed by atoms with E-state index in [1.165, 1.54) is 0 Å². The third-order valence-electron chi connectivity index (χ3n) is 1.66. The van der Waals surface area contributed by atoms with Crippen LogP contribution in [0.2, 0.25) is 0 Å². The van der Waals surface area contributed by atoms with E-state index in [1.54, 1.807) is 13.8 Å². The van der Waals surface area contributed by atoms with Gasteiger partial charge in [0, 0.05) is 0 Å². The summed E-state index contributed by atoms with van der Waals surface area (Å²) in [5, 5.41) is 9.71. The topological polar surface area (TPSA) is 29.5 Å². The Kier molecular flexibility index (Phi) is 3.29. The van der Waals surface area contributed by atoms with Crippen LogP contribution >= 0.6 is 0 Å². The van der Waals surface area contributed by atoms with Crippen molar-refractivity contribution in [2.75, 3.05) is 0 Å². The number of rotatable bonds is 2. The van der Waals surface area contributed by atoms with E-state index in [9.17, 15) is 5.11 Å². The van der Waals surface area contributed by atoms with Crippen molar-refractivity contribution < 1.29 is 9.53 Å². The predicted octanol–water partition coefficient (Wildman–Crippen LogP) is 0.469. The average Bonchev–Trinajstić information content (AvgIpc) is 1.56. The summed E-state index contributed by atoms with van der Waals surface area (Å²) >= 11 is 0. The Hall–Kier alpha value is 0.137. The van der Waals surface area contributed by atoms with Gasteiger partial charge in [-0.3, -0.25) is 0 Å². The van der Waals surface area contributed by atoms with Crippen LogP contribution in [0.3, 0.4) is 0 Å². The van der Waals surface area contributed by atoms with Gasteiger partial charge in [-0.15, -0.1) is 0 Å². The summed E-state index contributed by atoms with van der Waals surface area (Å²) in [5.74, 6) is 0. The Bertz CT molecular complexity index is 107. The van der Waals surface area contributed by atoms with Crippen LogP contribution in [0.5, 0.6) is 0 Å². The molecule has 68 valence electrons. The predicted molar refractivity (Wildman–Crippen MR) is 50.6 cm³/mol. The zero-order valence-electron chi connectivity index (χ0n) is 8.43. The molecule has 0 aliphatic carbocycles. The molecule has 0 aliphatic rings. The van der Waals surface area contributed by atoms with Gasteiger partial charge in [-0.2, -0.15) is 0 Å². The molecule has 0 amide bonds. The first-order chi connectivity index (χ1) is 4.69.